The lowest BCUT2D eigenvalue weighted by Gasteiger charge is -2.20. The highest BCUT2D eigenvalue weighted by molar-refractivity contribution is 5.45. The Hall–Kier alpha value is -2.58. The van der Waals surface area contributed by atoms with E-state index in [1.807, 2.05) is 18.2 Å². The predicted molar refractivity (Wildman–Crippen MR) is 76.5 cm³/mol. The number of hydrogen-bond donors (Lipinski definition) is 1. The summed E-state index contributed by atoms with van der Waals surface area (Å²) in [5.41, 5.74) is 6.36. The third-order valence-corrected chi connectivity index (χ3v) is 3.06. The van der Waals surface area contributed by atoms with Gasteiger partial charge in [-0.05, 0) is 18.2 Å². The first-order chi connectivity index (χ1) is 10.2. The van der Waals surface area contributed by atoms with Crippen molar-refractivity contribution in [3.63, 3.8) is 0 Å². The molecule has 0 saturated heterocycles. The molecule has 108 valence electrons. The van der Waals surface area contributed by atoms with Crippen molar-refractivity contribution < 1.29 is 13.9 Å². The van der Waals surface area contributed by atoms with Gasteiger partial charge in [-0.2, -0.15) is 5.26 Å². The van der Waals surface area contributed by atoms with Crippen LogP contribution in [0.1, 0.15) is 17.2 Å². The molecule has 0 spiro atoms. The van der Waals surface area contributed by atoms with E-state index in [-0.39, 0.29) is 17.9 Å². The van der Waals surface area contributed by atoms with E-state index in [1.54, 1.807) is 25.3 Å². The first-order valence-corrected chi connectivity index (χ1v) is 6.39. The van der Waals surface area contributed by atoms with Crippen LogP contribution in [0.4, 0.5) is 4.39 Å². The Labute approximate surface area is 122 Å². The summed E-state index contributed by atoms with van der Waals surface area (Å²) >= 11 is 0. The van der Waals surface area contributed by atoms with Crippen molar-refractivity contribution in [1.29, 1.82) is 5.26 Å². The number of para-hydroxylation sites is 1. The Balaban J connectivity index is 2.37. The van der Waals surface area contributed by atoms with Gasteiger partial charge in [0.15, 0.2) is 0 Å². The Morgan fingerprint density at radius 2 is 1.90 bits per heavy atom. The molecule has 0 aliphatic heterocycles. The first kappa shape index (κ1) is 14.8. The molecule has 0 aliphatic rings. The molecule has 0 heterocycles. The average molecular weight is 286 g/mol. The topological polar surface area (TPSA) is 68.3 Å². The number of halogens is 1. The third-order valence-electron chi connectivity index (χ3n) is 3.06. The molecule has 2 rings (SSSR count). The van der Waals surface area contributed by atoms with Crippen molar-refractivity contribution >= 4 is 0 Å². The fourth-order valence-corrected chi connectivity index (χ4v) is 2.04. The smallest absolute Gasteiger partial charge is 0.144 e. The van der Waals surface area contributed by atoms with Crippen LogP contribution in [0.25, 0.3) is 0 Å². The summed E-state index contributed by atoms with van der Waals surface area (Å²) in [5, 5.41) is 9.03. The zero-order valence-corrected chi connectivity index (χ0v) is 11.5. The summed E-state index contributed by atoms with van der Waals surface area (Å²) in [6.45, 7) is 0.168. The van der Waals surface area contributed by atoms with Crippen LogP contribution in [0.3, 0.4) is 0 Å². The van der Waals surface area contributed by atoms with Gasteiger partial charge in [-0.1, -0.05) is 24.3 Å². The lowest BCUT2D eigenvalue weighted by Crippen LogP contribution is -2.19. The van der Waals surface area contributed by atoms with Gasteiger partial charge in [0, 0.05) is 12.1 Å². The normalized spacial score (nSPS) is 11.5. The van der Waals surface area contributed by atoms with E-state index in [0.29, 0.717) is 5.75 Å². The monoisotopic (exact) mass is 286 g/mol. The molecule has 2 N–H and O–H groups in total. The average Bonchev–Trinajstić information content (AvgIpc) is 2.52. The van der Waals surface area contributed by atoms with Crippen LogP contribution in [-0.4, -0.2) is 13.7 Å². The molecule has 0 saturated carbocycles. The summed E-state index contributed by atoms with van der Waals surface area (Å²) in [4.78, 5) is 0. The second kappa shape index (κ2) is 6.73. The number of nitrogens with two attached hydrogens (primary N) is 1. The minimum atomic E-state index is -0.620. The van der Waals surface area contributed by atoms with Gasteiger partial charge in [-0.15, -0.1) is 0 Å². The number of rotatable bonds is 5. The number of ether oxygens (including phenoxy) is 2. The third kappa shape index (κ3) is 3.12. The van der Waals surface area contributed by atoms with Gasteiger partial charge >= 0.3 is 0 Å². The zero-order chi connectivity index (χ0) is 15.2. The van der Waals surface area contributed by atoms with Gasteiger partial charge in [0.1, 0.15) is 35.1 Å². The molecule has 2 aromatic rings. The number of benzene rings is 2. The summed E-state index contributed by atoms with van der Waals surface area (Å²) < 4.78 is 24.6. The van der Waals surface area contributed by atoms with E-state index < -0.39 is 11.9 Å². The molecule has 21 heavy (non-hydrogen) atoms. The quantitative estimate of drug-likeness (QED) is 0.917. The minimum absolute atomic E-state index is 0.133. The number of nitriles is 1. The van der Waals surface area contributed by atoms with Gasteiger partial charge in [-0.25, -0.2) is 4.39 Å². The molecule has 0 bridgehead atoms. The van der Waals surface area contributed by atoms with E-state index in [9.17, 15) is 4.39 Å². The van der Waals surface area contributed by atoms with Crippen LogP contribution in [0, 0.1) is 17.1 Å². The molecule has 0 aliphatic carbocycles. The van der Waals surface area contributed by atoms with E-state index >= 15 is 0 Å². The van der Waals surface area contributed by atoms with Gasteiger partial charge < -0.3 is 15.2 Å². The van der Waals surface area contributed by atoms with Crippen LogP contribution in [0.2, 0.25) is 0 Å². The molecular formula is C16H15FN2O2. The molecule has 1 unspecified atom stereocenters. The van der Waals surface area contributed by atoms with Crippen LogP contribution in [-0.2, 0) is 0 Å². The Morgan fingerprint density at radius 1 is 1.19 bits per heavy atom. The van der Waals surface area contributed by atoms with Crippen LogP contribution < -0.4 is 15.2 Å². The molecule has 0 aromatic heterocycles. The Kier molecular flexibility index (Phi) is 4.75. The number of methoxy groups -OCH3 is 1. The van der Waals surface area contributed by atoms with Gasteiger partial charge in [0.2, 0.25) is 0 Å². The van der Waals surface area contributed by atoms with Crippen molar-refractivity contribution in [2.24, 2.45) is 5.73 Å². The van der Waals surface area contributed by atoms with E-state index in [1.165, 1.54) is 12.1 Å². The van der Waals surface area contributed by atoms with E-state index in [0.717, 1.165) is 5.56 Å². The second-order valence-electron chi connectivity index (χ2n) is 4.31. The molecule has 0 radical (unpaired) electrons. The molecule has 5 heteroatoms. The molecule has 0 amide bonds. The van der Waals surface area contributed by atoms with Crippen molar-refractivity contribution in [2.45, 2.75) is 6.10 Å². The summed E-state index contributed by atoms with van der Waals surface area (Å²) in [6.07, 6.45) is -0.532. The fourth-order valence-electron chi connectivity index (χ4n) is 2.04. The van der Waals surface area contributed by atoms with Crippen molar-refractivity contribution in [3.8, 4) is 17.6 Å². The lowest BCUT2D eigenvalue weighted by atomic mass is 10.1. The first-order valence-electron chi connectivity index (χ1n) is 6.39. The van der Waals surface area contributed by atoms with Crippen molar-refractivity contribution in [2.75, 3.05) is 13.7 Å². The standard InChI is InChI=1S/C16H15FN2O2/c1-20-14-7-3-2-5-11(14)16(10-19)21-15-8-4-6-13(17)12(15)9-18/h2-8,16H,10,19H2,1H3. The van der Waals surface area contributed by atoms with E-state index in [2.05, 4.69) is 0 Å². The van der Waals surface area contributed by atoms with Gasteiger partial charge in [0.25, 0.3) is 0 Å². The fraction of sp³-hybridized carbons (Fsp3) is 0.188. The van der Waals surface area contributed by atoms with Crippen LogP contribution in [0.15, 0.2) is 42.5 Å². The van der Waals surface area contributed by atoms with Crippen molar-refractivity contribution in [3.05, 3.63) is 59.4 Å². The Bertz CT molecular complexity index is 668. The maximum Gasteiger partial charge on any atom is 0.144 e. The highest BCUT2D eigenvalue weighted by Crippen LogP contribution is 2.30. The zero-order valence-electron chi connectivity index (χ0n) is 11.5. The van der Waals surface area contributed by atoms with Gasteiger partial charge in [0.05, 0.1) is 7.11 Å². The summed E-state index contributed by atoms with van der Waals surface area (Å²) in [5.74, 6) is 0.174. The SMILES string of the molecule is COc1ccccc1C(CN)Oc1cccc(F)c1C#N. The number of hydrogen-bond acceptors (Lipinski definition) is 4. The summed E-state index contributed by atoms with van der Waals surface area (Å²) in [6, 6.07) is 13.3. The summed E-state index contributed by atoms with van der Waals surface area (Å²) in [7, 11) is 1.55. The maximum absolute atomic E-state index is 13.6. The van der Waals surface area contributed by atoms with Crippen LogP contribution >= 0.6 is 0 Å². The molecule has 0 fully saturated rings. The van der Waals surface area contributed by atoms with Gasteiger partial charge in [-0.3, -0.25) is 0 Å². The highest BCUT2D eigenvalue weighted by atomic mass is 19.1. The minimum Gasteiger partial charge on any atom is -0.496 e. The number of nitrogens with zero attached hydrogens (tertiary/aromatic N) is 1. The highest BCUT2D eigenvalue weighted by Gasteiger charge is 2.19. The van der Waals surface area contributed by atoms with E-state index in [4.69, 9.17) is 20.5 Å². The van der Waals surface area contributed by atoms with Crippen molar-refractivity contribution in [1.82, 2.24) is 0 Å². The lowest BCUT2D eigenvalue weighted by molar-refractivity contribution is 0.207. The predicted octanol–water partition coefficient (Wildman–Crippen LogP) is 2.78. The second-order valence-corrected chi connectivity index (χ2v) is 4.31. The molecule has 4 nitrogen and oxygen atoms in total. The van der Waals surface area contributed by atoms with Crippen LogP contribution in [0.5, 0.6) is 11.5 Å². The molecular weight excluding hydrogens is 271 g/mol. The maximum atomic E-state index is 13.6. The molecule has 1 atom stereocenters. The Morgan fingerprint density at radius 3 is 2.57 bits per heavy atom. The molecule has 2 aromatic carbocycles. The largest absolute Gasteiger partial charge is 0.496 e.